The number of carbonyl (C=O) groups excluding carboxylic acids is 1. The van der Waals surface area contributed by atoms with Gasteiger partial charge in [0.15, 0.2) is 5.82 Å². The van der Waals surface area contributed by atoms with E-state index in [-0.39, 0.29) is 17.7 Å². The molecule has 0 aliphatic carbocycles. The summed E-state index contributed by atoms with van der Waals surface area (Å²) < 4.78 is 5.32. The number of aromatic nitrogens is 3. The smallest absolute Gasteiger partial charge is 0.236 e. The van der Waals surface area contributed by atoms with E-state index >= 15 is 0 Å². The first-order valence-electron chi connectivity index (χ1n) is 13.9. The van der Waals surface area contributed by atoms with Crippen LogP contribution in [0, 0.1) is 11.8 Å². The molecule has 3 N–H and O–H groups in total. The van der Waals surface area contributed by atoms with Crippen LogP contribution < -0.4 is 15.5 Å². The zero-order valence-corrected chi connectivity index (χ0v) is 24.0. The van der Waals surface area contributed by atoms with Crippen molar-refractivity contribution in [3.05, 3.63) is 66.6 Å². The highest BCUT2D eigenvalue weighted by Crippen LogP contribution is 2.34. The summed E-state index contributed by atoms with van der Waals surface area (Å²) in [5.74, 6) is 6.83. The summed E-state index contributed by atoms with van der Waals surface area (Å²) in [6.45, 7) is 10.9. The average molecular weight is 569 g/mol. The van der Waals surface area contributed by atoms with Crippen molar-refractivity contribution in [3.8, 4) is 28.8 Å². The number of hydrogen-bond donors (Lipinski definition) is 2. The molecule has 1 unspecified atom stereocenters. The van der Waals surface area contributed by atoms with E-state index in [1.165, 1.54) is 0 Å². The zero-order chi connectivity index (χ0) is 29.6. The van der Waals surface area contributed by atoms with Crippen molar-refractivity contribution in [1.29, 1.82) is 0 Å². The molecule has 2 saturated heterocycles. The molecule has 3 aromatic rings. The Morgan fingerprint density at radius 1 is 1.21 bits per heavy atom. The van der Waals surface area contributed by atoms with Crippen LogP contribution in [0.15, 0.2) is 60.9 Å². The number of carbonyl (C=O) groups is 1. The Morgan fingerprint density at radius 2 is 2.00 bits per heavy atom. The number of para-hydroxylation sites is 1. The van der Waals surface area contributed by atoms with Gasteiger partial charge in [-0.05, 0) is 50.2 Å². The second-order valence-corrected chi connectivity index (χ2v) is 10.5. The number of nitrogen functional groups attached to an aromatic ring is 1. The number of nitrogens with two attached hydrogens (primary N) is 1. The third-order valence-electron chi connectivity index (χ3n) is 7.32. The van der Waals surface area contributed by atoms with Crippen LogP contribution in [-0.2, 0) is 9.53 Å². The number of rotatable bonds is 6. The lowest BCUT2D eigenvalue weighted by atomic mass is 10.1. The highest BCUT2D eigenvalue weighted by molar-refractivity contribution is 5.78. The van der Waals surface area contributed by atoms with Gasteiger partial charge in [-0.3, -0.25) is 9.69 Å². The second kappa shape index (κ2) is 12.9. The number of ether oxygens (including phenoxy) is 1. The molecule has 11 nitrogen and oxygen atoms in total. The average Bonchev–Trinajstić information content (AvgIpc) is 2.98. The summed E-state index contributed by atoms with van der Waals surface area (Å²) in [5.41, 5.74) is 10.6. The number of anilines is 3. The van der Waals surface area contributed by atoms with E-state index in [4.69, 9.17) is 10.5 Å². The molecule has 5 rings (SSSR count). The van der Waals surface area contributed by atoms with E-state index in [1.807, 2.05) is 41.1 Å². The van der Waals surface area contributed by atoms with E-state index in [9.17, 15) is 9.90 Å². The highest BCUT2D eigenvalue weighted by atomic mass is 16.5. The summed E-state index contributed by atoms with van der Waals surface area (Å²) >= 11 is 0. The van der Waals surface area contributed by atoms with Gasteiger partial charge in [0.1, 0.15) is 11.4 Å². The van der Waals surface area contributed by atoms with Crippen molar-refractivity contribution in [2.45, 2.75) is 13.0 Å². The third kappa shape index (κ3) is 6.62. The Hall–Kier alpha value is -4.66. The highest BCUT2D eigenvalue weighted by Gasteiger charge is 2.29. The van der Waals surface area contributed by atoms with E-state index in [1.54, 1.807) is 24.4 Å². The van der Waals surface area contributed by atoms with E-state index in [0.29, 0.717) is 75.3 Å². The van der Waals surface area contributed by atoms with Crippen LogP contribution in [-0.4, -0.2) is 102 Å². The molecule has 1 atom stereocenters. The van der Waals surface area contributed by atoms with Crippen LogP contribution in [0.1, 0.15) is 12.6 Å². The number of hydrogen-bond acceptors (Lipinski definition) is 10. The number of piperazine rings is 1. The maximum Gasteiger partial charge on any atom is 0.236 e. The third-order valence-corrected chi connectivity index (χ3v) is 7.32. The quantitative estimate of drug-likeness (QED) is 0.428. The number of likely N-dealkylation sites (N-methyl/N-ethyl adjacent to an activating group) is 1. The number of nitrogens with zero attached hydrogens (tertiary/aromatic N) is 7. The van der Waals surface area contributed by atoms with E-state index in [2.05, 4.69) is 50.3 Å². The van der Waals surface area contributed by atoms with Crippen molar-refractivity contribution >= 4 is 23.1 Å². The molecule has 0 saturated carbocycles. The maximum atomic E-state index is 12.5. The lowest BCUT2D eigenvalue weighted by molar-refractivity contribution is -0.136. The molecule has 0 spiro atoms. The van der Waals surface area contributed by atoms with Crippen molar-refractivity contribution in [2.75, 3.05) is 75.1 Å². The number of benzene rings is 1. The molecular formula is C31H36N8O3. The molecule has 11 heteroatoms. The van der Waals surface area contributed by atoms with Gasteiger partial charge in [0, 0.05) is 48.8 Å². The molecule has 0 bridgehead atoms. The molecule has 42 heavy (non-hydrogen) atoms. The van der Waals surface area contributed by atoms with Crippen molar-refractivity contribution in [3.63, 3.8) is 0 Å². The van der Waals surface area contributed by atoms with E-state index in [0.717, 1.165) is 17.1 Å². The van der Waals surface area contributed by atoms with Gasteiger partial charge in [0.05, 0.1) is 44.2 Å². The molecule has 4 heterocycles. The monoisotopic (exact) mass is 568 g/mol. The zero-order valence-electron chi connectivity index (χ0n) is 24.0. The minimum atomic E-state index is 0.0629. The number of aromatic hydroxyl groups is 1. The standard InChI is InChI=1S/C31H36N8O3/c1-22-19-38(28-18-27(34-35-31(28)32)26-8-4-5-9-29(26)40)20-23(2)39(22)25-10-11-33-24(17-25)7-6-12-36(3)21-30(41)37-13-15-42-16-14-37/h4-5,8-11,17-18,23,40H,1,12-16,19-21H2,2-3H3,(H2,32,35). The number of phenols is 1. The lowest BCUT2D eigenvalue weighted by Crippen LogP contribution is -2.50. The van der Waals surface area contributed by atoms with Crippen molar-refractivity contribution in [1.82, 2.24) is 25.0 Å². The predicted molar refractivity (Wildman–Crippen MR) is 163 cm³/mol. The number of morpholine rings is 1. The van der Waals surface area contributed by atoms with Gasteiger partial charge in [0.25, 0.3) is 0 Å². The van der Waals surface area contributed by atoms with Crippen LogP contribution >= 0.6 is 0 Å². The van der Waals surface area contributed by atoms with Crippen LogP contribution in [0.3, 0.4) is 0 Å². The fourth-order valence-corrected chi connectivity index (χ4v) is 5.26. The van der Waals surface area contributed by atoms with Crippen LogP contribution in [0.2, 0.25) is 0 Å². The SMILES string of the molecule is C=C1CN(c2cc(-c3ccccc3O)nnc2N)CC(C)N1c1ccnc(C#CCN(C)CC(=O)N2CCOCC2)c1. The molecule has 2 aliphatic heterocycles. The normalized spacial score (nSPS) is 17.3. The molecule has 0 radical (unpaired) electrons. The Balaban J connectivity index is 1.24. The molecule has 218 valence electrons. The summed E-state index contributed by atoms with van der Waals surface area (Å²) in [5, 5.41) is 18.7. The van der Waals surface area contributed by atoms with Crippen LogP contribution in [0.4, 0.5) is 17.2 Å². The molecule has 1 amide bonds. The van der Waals surface area contributed by atoms with Crippen LogP contribution in [0.5, 0.6) is 5.75 Å². The van der Waals surface area contributed by atoms with Gasteiger partial charge >= 0.3 is 0 Å². The van der Waals surface area contributed by atoms with Crippen LogP contribution in [0.25, 0.3) is 11.3 Å². The first-order chi connectivity index (χ1) is 20.3. The van der Waals surface area contributed by atoms with Gasteiger partial charge < -0.3 is 30.3 Å². The molecule has 2 fully saturated rings. The maximum absolute atomic E-state index is 12.5. The number of phenolic OH excluding ortho intramolecular Hbond substituents is 1. The van der Waals surface area contributed by atoms with Gasteiger partial charge in [-0.25, -0.2) is 4.98 Å². The van der Waals surface area contributed by atoms with Gasteiger partial charge in [-0.2, -0.15) is 0 Å². The van der Waals surface area contributed by atoms with Gasteiger partial charge in [-0.15, -0.1) is 10.2 Å². The Labute approximate surface area is 246 Å². The van der Waals surface area contributed by atoms with Crippen molar-refractivity contribution < 1.29 is 14.6 Å². The largest absolute Gasteiger partial charge is 0.507 e. The summed E-state index contributed by atoms with van der Waals surface area (Å²) in [6, 6.07) is 12.9. The fourth-order valence-electron chi connectivity index (χ4n) is 5.26. The minimum absolute atomic E-state index is 0.0629. The Bertz CT molecular complexity index is 1510. The predicted octanol–water partition coefficient (Wildman–Crippen LogP) is 2.20. The number of amides is 1. The molecule has 2 aliphatic rings. The summed E-state index contributed by atoms with van der Waals surface area (Å²) in [6.07, 6.45) is 1.75. The number of pyridine rings is 1. The lowest BCUT2D eigenvalue weighted by Gasteiger charge is -2.43. The molecule has 2 aromatic heterocycles. The van der Waals surface area contributed by atoms with Crippen molar-refractivity contribution in [2.24, 2.45) is 0 Å². The fraction of sp³-hybridized carbons (Fsp3) is 0.355. The topological polar surface area (TPSA) is 124 Å². The molecular weight excluding hydrogens is 532 g/mol. The van der Waals surface area contributed by atoms with Gasteiger partial charge in [0.2, 0.25) is 5.91 Å². The molecule has 1 aromatic carbocycles. The Morgan fingerprint density at radius 3 is 2.76 bits per heavy atom. The van der Waals surface area contributed by atoms with Gasteiger partial charge in [-0.1, -0.05) is 24.6 Å². The summed E-state index contributed by atoms with van der Waals surface area (Å²) in [7, 11) is 1.89. The minimum Gasteiger partial charge on any atom is -0.507 e. The summed E-state index contributed by atoms with van der Waals surface area (Å²) in [4.78, 5) is 25.0. The second-order valence-electron chi connectivity index (χ2n) is 10.5. The first kappa shape index (κ1) is 28.9. The Kier molecular flexibility index (Phi) is 8.85. The van der Waals surface area contributed by atoms with E-state index < -0.39 is 0 Å². The first-order valence-corrected chi connectivity index (χ1v) is 13.9.